The fraction of sp³-hybridized carbons (Fsp3) is 0.385. The highest BCUT2D eigenvalue weighted by Gasteiger charge is 2.57. The lowest BCUT2D eigenvalue weighted by molar-refractivity contribution is -0.137. The average molecular weight is 265 g/mol. The second-order valence-corrected chi connectivity index (χ2v) is 4.94. The Morgan fingerprint density at radius 3 is 2.68 bits per heavy atom. The predicted molar refractivity (Wildman–Crippen MR) is 67.5 cm³/mol. The van der Waals surface area contributed by atoms with Gasteiger partial charge in [-0.3, -0.25) is 9.59 Å². The van der Waals surface area contributed by atoms with E-state index < -0.39 is 11.1 Å². The van der Waals surface area contributed by atoms with E-state index in [1.165, 1.54) is 19.2 Å². The Morgan fingerprint density at radius 1 is 1.47 bits per heavy atom. The molecule has 4 N–H and O–H groups in total. The van der Waals surface area contributed by atoms with Crippen LogP contribution in [0.15, 0.2) is 24.3 Å². The minimum atomic E-state index is -1.00. The Labute approximate surface area is 110 Å². The molecule has 0 heterocycles. The number of likely N-dealkylation sites (N-methyl/N-ethyl adjacent to an activating group) is 1. The van der Waals surface area contributed by atoms with Gasteiger partial charge in [-0.25, -0.2) is 4.39 Å². The van der Waals surface area contributed by atoms with Crippen molar-refractivity contribution < 1.29 is 14.0 Å². The molecule has 1 aromatic carbocycles. The maximum Gasteiger partial charge on any atom is 0.245 e. The molecule has 6 heteroatoms. The summed E-state index contributed by atoms with van der Waals surface area (Å²) in [6, 6.07) is 5.99. The third kappa shape index (κ3) is 2.19. The SMILES string of the molecule is CNC(=O)C1(NC=O)CC(N)(c2cccc(F)c2)C1. The molecule has 0 radical (unpaired) electrons. The normalized spacial score (nSPS) is 29.2. The highest BCUT2D eigenvalue weighted by Crippen LogP contribution is 2.46. The maximum atomic E-state index is 13.2. The van der Waals surface area contributed by atoms with Gasteiger partial charge in [-0.2, -0.15) is 0 Å². The van der Waals surface area contributed by atoms with Gasteiger partial charge >= 0.3 is 0 Å². The summed E-state index contributed by atoms with van der Waals surface area (Å²) in [5, 5.41) is 5.02. The molecule has 1 aliphatic carbocycles. The van der Waals surface area contributed by atoms with Crippen LogP contribution in [0.25, 0.3) is 0 Å². The molecule has 0 aliphatic heterocycles. The number of nitrogens with two attached hydrogens (primary N) is 1. The molecule has 0 atom stereocenters. The smallest absolute Gasteiger partial charge is 0.245 e. The van der Waals surface area contributed by atoms with Crippen molar-refractivity contribution in [2.75, 3.05) is 7.05 Å². The molecule has 0 aromatic heterocycles. The van der Waals surface area contributed by atoms with Gasteiger partial charge in [0.2, 0.25) is 12.3 Å². The first-order valence-electron chi connectivity index (χ1n) is 5.94. The van der Waals surface area contributed by atoms with Gasteiger partial charge in [-0.15, -0.1) is 0 Å². The average Bonchev–Trinajstić information content (AvgIpc) is 2.35. The lowest BCUT2D eigenvalue weighted by Crippen LogP contribution is -2.71. The van der Waals surface area contributed by atoms with Crippen LogP contribution in [0, 0.1) is 5.82 Å². The van der Waals surface area contributed by atoms with Gasteiger partial charge in [0.15, 0.2) is 0 Å². The predicted octanol–water partition coefficient (Wildman–Crippen LogP) is 0.00430. The van der Waals surface area contributed by atoms with Crippen LogP contribution in [0.2, 0.25) is 0 Å². The Balaban J connectivity index is 2.23. The Bertz CT molecular complexity index is 512. The number of hydrogen-bond donors (Lipinski definition) is 3. The number of halogens is 1. The van der Waals surface area contributed by atoms with Gasteiger partial charge < -0.3 is 16.4 Å². The summed E-state index contributed by atoms with van der Waals surface area (Å²) in [5.74, 6) is -0.666. The standard InChI is InChI=1S/C13H16FN3O2/c1-16-11(19)13(17-8-18)6-12(15,7-13)9-3-2-4-10(14)5-9/h2-5,8H,6-7,15H2,1H3,(H,16,19)(H,17,18). The van der Waals surface area contributed by atoms with E-state index in [4.69, 9.17) is 5.73 Å². The number of carbonyl (C=O) groups is 2. The quantitative estimate of drug-likeness (QED) is 0.670. The largest absolute Gasteiger partial charge is 0.357 e. The third-order valence-corrected chi connectivity index (χ3v) is 3.63. The van der Waals surface area contributed by atoms with Crippen molar-refractivity contribution in [3.63, 3.8) is 0 Å². The van der Waals surface area contributed by atoms with Crippen LogP contribution in [-0.4, -0.2) is 24.9 Å². The highest BCUT2D eigenvalue weighted by molar-refractivity contribution is 5.90. The minimum Gasteiger partial charge on any atom is -0.357 e. The van der Waals surface area contributed by atoms with E-state index in [0.29, 0.717) is 12.0 Å². The zero-order valence-electron chi connectivity index (χ0n) is 10.6. The molecule has 1 aromatic rings. The summed E-state index contributed by atoms with van der Waals surface area (Å²) >= 11 is 0. The topological polar surface area (TPSA) is 84.2 Å². The maximum absolute atomic E-state index is 13.2. The highest BCUT2D eigenvalue weighted by atomic mass is 19.1. The first kappa shape index (κ1) is 13.5. The van der Waals surface area contributed by atoms with Crippen molar-refractivity contribution in [3.05, 3.63) is 35.6 Å². The van der Waals surface area contributed by atoms with Crippen LogP contribution in [0.1, 0.15) is 18.4 Å². The number of amides is 2. The fourth-order valence-electron chi connectivity index (χ4n) is 2.71. The fourth-order valence-corrected chi connectivity index (χ4v) is 2.71. The number of rotatable bonds is 4. The van der Waals surface area contributed by atoms with E-state index in [2.05, 4.69) is 10.6 Å². The molecular formula is C13H16FN3O2. The molecule has 1 aliphatic rings. The van der Waals surface area contributed by atoms with Crippen molar-refractivity contribution in [1.82, 2.24) is 10.6 Å². The van der Waals surface area contributed by atoms with E-state index in [1.54, 1.807) is 12.1 Å². The Morgan fingerprint density at radius 2 is 2.16 bits per heavy atom. The summed E-state index contributed by atoms with van der Waals surface area (Å²) in [7, 11) is 1.50. The summed E-state index contributed by atoms with van der Waals surface area (Å²) in [6.45, 7) is 0. The van der Waals surface area contributed by atoms with Gasteiger partial charge in [-0.05, 0) is 17.7 Å². The first-order valence-corrected chi connectivity index (χ1v) is 5.94. The second-order valence-electron chi connectivity index (χ2n) is 4.94. The first-order chi connectivity index (χ1) is 8.96. The number of nitrogens with one attached hydrogen (secondary N) is 2. The molecule has 0 saturated heterocycles. The van der Waals surface area contributed by atoms with Crippen LogP contribution in [0.4, 0.5) is 4.39 Å². The summed E-state index contributed by atoms with van der Waals surface area (Å²) in [5.41, 5.74) is 5.01. The van der Waals surface area contributed by atoms with Gasteiger partial charge in [0, 0.05) is 25.4 Å². The monoisotopic (exact) mass is 265 g/mol. The zero-order chi connectivity index (χ0) is 14.1. The second kappa shape index (κ2) is 4.62. The van der Waals surface area contributed by atoms with Gasteiger partial charge in [0.05, 0.1) is 0 Å². The molecule has 102 valence electrons. The van der Waals surface area contributed by atoms with Crippen LogP contribution >= 0.6 is 0 Å². The molecule has 2 rings (SSSR count). The Hall–Kier alpha value is -1.95. The number of hydrogen-bond acceptors (Lipinski definition) is 3. The van der Waals surface area contributed by atoms with Gasteiger partial charge in [0.25, 0.3) is 0 Å². The number of benzene rings is 1. The van der Waals surface area contributed by atoms with E-state index in [9.17, 15) is 14.0 Å². The molecule has 1 fully saturated rings. The van der Waals surface area contributed by atoms with Gasteiger partial charge in [-0.1, -0.05) is 12.1 Å². The lowest BCUT2D eigenvalue weighted by Gasteiger charge is -2.52. The van der Waals surface area contributed by atoms with Gasteiger partial charge in [0.1, 0.15) is 11.4 Å². The number of carbonyl (C=O) groups excluding carboxylic acids is 2. The van der Waals surface area contributed by atoms with Crippen molar-refractivity contribution in [3.8, 4) is 0 Å². The molecular weight excluding hydrogens is 249 g/mol. The van der Waals surface area contributed by atoms with E-state index >= 15 is 0 Å². The Kier molecular flexibility index (Phi) is 3.28. The molecule has 2 amide bonds. The van der Waals surface area contributed by atoms with E-state index in [1.807, 2.05) is 0 Å². The van der Waals surface area contributed by atoms with Crippen LogP contribution in [-0.2, 0) is 15.1 Å². The minimum absolute atomic E-state index is 0.238. The van der Waals surface area contributed by atoms with E-state index in [-0.39, 0.29) is 24.6 Å². The van der Waals surface area contributed by atoms with Crippen molar-refractivity contribution in [2.45, 2.75) is 23.9 Å². The van der Waals surface area contributed by atoms with Crippen molar-refractivity contribution >= 4 is 12.3 Å². The summed E-state index contributed by atoms with van der Waals surface area (Å²) in [6.07, 6.45) is 0.962. The summed E-state index contributed by atoms with van der Waals surface area (Å²) < 4.78 is 13.2. The molecule has 0 bridgehead atoms. The molecule has 0 spiro atoms. The molecule has 0 unspecified atom stereocenters. The molecule has 1 saturated carbocycles. The van der Waals surface area contributed by atoms with Crippen molar-refractivity contribution in [1.29, 1.82) is 0 Å². The van der Waals surface area contributed by atoms with Crippen LogP contribution in [0.5, 0.6) is 0 Å². The summed E-state index contributed by atoms with van der Waals surface area (Å²) in [4.78, 5) is 22.5. The molecule has 5 nitrogen and oxygen atoms in total. The van der Waals surface area contributed by atoms with Crippen LogP contribution in [0.3, 0.4) is 0 Å². The van der Waals surface area contributed by atoms with E-state index in [0.717, 1.165) is 0 Å². The zero-order valence-corrected chi connectivity index (χ0v) is 10.6. The van der Waals surface area contributed by atoms with Crippen molar-refractivity contribution in [2.24, 2.45) is 5.73 Å². The molecule has 19 heavy (non-hydrogen) atoms. The lowest BCUT2D eigenvalue weighted by atomic mass is 9.60. The van der Waals surface area contributed by atoms with Crippen LogP contribution < -0.4 is 16.4 Å². The third-order valence-electron chi connectivity index (χ3n) is 3.63.